The molecule has 1 aromatic carbocycles. The number of methoxy groups -OCH3 is 1. The van der Waals surface area contributed by atoms with Gasteiger partial charge in [0.25, 0.3) is 0 Å². The second-order valence-corrected chi connectivity index (χ2v) is 6.16. The Labute approximate surface area is 126 Å². The summed E-state index contributed by atoms with van der Waals surface area (Å²) in [6.45, 7) is 4.09. The van der Waals surface area contributed by atoms with Crippen molar-refractivity contribution in [3.05, 3.63) is 29.8 Å². The van der Waals surface area contributed by atoms with Gasteiger partial charge in [0.05, 0.1) is 13.5 Å². The van der Waals surface area contributed by atoms with E-state index in [9.17, 15) is 4.79 Å². The molecule has 3 rings (SSSR count). The highest BCUT2D eigenvalue weighted by atomic mass is 16.5. The molecule has 114 valence electrons. The van der Waals surface area contributed by atoms with Gasteiger partial charge in [-0.3, -0.25) is 4.79 Å². The molecule has 2 atom stereocenters. The summed E-state index contributed by atoms with van der Waals surface area (Å²) in [6, 6.07) is 7.79. The predicted octanol–water partition coefficient (Wildman–Crippen LogP) is 1.70. The van der Waals surface area contributed by atoms with Crippen molar-refractivity contribution in [2.45, 2.75) is 19.3 Å². The Hall–Kier alpha value is -1.55. The number of ether oxygens (including phenoxy) is 1. The molecule has 2 aliphatic heterocycles. The average Bonchev–Trinajstić information content (AvgIpc) is 2.86. The maximum Gasteiger partial charge on any atom is 0.226 e. The summed E-state index contributed by atoms with van der Waals surface area (Å²) in [6.07, 6.45) is 2.79. The number of carbonyl (C=O) groups excluding carboxylic acids is 1. The number of benzene rings is 1. The van der Waals surface area contributed by atoms with Gasteiger partial charge in [-0.15, -0.1) is 0 Å². The molecule has 0 spiro atoms. The highest BCUT2D eigenvalue weighted by molar-refractivity contribution is 5.78. The first-order chi connectivity index (χ1) is 10.3. The van der Waals surface area contributed by atoms with Crippen LogP contribution in [0.4, 0.5) is 0 Å². The lowest BCUT2D eigenvalue weighted by molar-refractivity contribution is -0.130. The molecular weight excluding hydrogens is 264 g/mol. The first kappa shape index (κ1) is 14.4. The van der Waals surface area contributed by atoms with Gasteiger partial charge in [0.2, 0.25) is 5.91 Å². The zero-order valence-electron chi connectivity index (χ0n) is 12.7. The van der Waals surface area contributed by atoms with E-state index in [-0.39, 0.29) is 5.91 Å². The van der Waals surface area contributed by atoms with E-state index in [1.807, 2.05) is 24.3 Å². The Bertz CT molecular complexity index is 472. The molecule has 0 unspecified atom stereocenters. The zero-order valence-corrected chi connectivity index (χ0v) is 12.7. The van der Waals surface area contributed by atoms with E-state index < -0.39 is 0 Å². The van der Waals surface area contributed by atoms with E-state index in [4.69, 9.17) is 4.74 Å². The first-order valence-electron chi connectivity index (χ1n) is 7.87. The molecule has 0 aromatic heterocycles. The van der Waals surface area contributed by atoms with Crippen LogP contribution >= 0.6 is 0 Å². The van der Waals surface area contributed by atoms with Gasteiger partial charge in [-0.05, 0) is 55.5 Å². The molecule has 2 heterocycles. The number of carbonyl (C=O) groups is 1. The molecule has 0 saturated carbocycles. The van der Waals surface area contributed by atoms with Crippen LogP contribution in [0.5, 0.6) is 5.75 Å². The maximum absolute atomic E-state index is 12.5. The molecular formula is C17H24N2O2. The van der Waals surface area contributed by atoms with Crippen molar-refractivity contribution in [3.63, 3.8) is 0 Å². The lowest BCUT2D eigenvalue weighted by Gasteiger charge is -2.21. The number of hydrogen-bond acceptors (Lipinski definition) is 3. The van der Waals surface area contributed by atoms with Gasteiger partial charge in [-0.2, -0.15) is 0 Å². The van der Waals surface area contributed by atoms with Crippen molar-refractivity contribution in [2.24, 2.45) is 11.8 Å². The fraction of sp³-hybridized carbons (Fsp3) is 0.588. The van der Waals surface area contributed by atoms with E-state index in [2.05, 4.69) is 10.2 Å². The smallest absolute Gasteiger partial charge is 0.226 e. The average molecular weight is 288 g/mol. The first-order valence-corrected chi connectivity index (χ1v) is 7.87. The highest BCUT2D eigenvalue weighted by Crippen LogP contribution is 2.27. The third kappa shape index (κ3) is 3.38. The van der Waals surface area contributed by atoms with E-state index in [1.54, 1.807) is 7.11 Å². The van der Waals surface area contributed by atoms with Crippen LogP contribution in [0.1, 0.15) is 18.4 Å². The van der Waals surface area contributed by atoms with Crippen LogP contribution in [0.15, 0.2) is 24.3 Å². The van der Waals surface area contributed by atoms with Crippen molar-refractivity contribution >= 4 is 5.91 Å². The zero-order chi connectivity index (χ0) is 14.7. The molecule has 2 saturated heterocycles. The Morgan fingerprint density at radius 1 is 1.19 bits per heavy atom. The lowest BCUT2D eigenvalue weighted by atomic mass is 9.92. The third-order valence-electron chi connectivity index (χ3n) is 4.89. The Morgan fingerprint density at radius 3 is 2.38 bits per heavy atom. The second-order valence-electron chi connectivity index (χ2n) is 6.16. The SMILES string of the molecule is COc1ccc(CC(=O)N2CC[C@@H]3CNC[C@@H]3CC2)cc1. The maximum atomic E-state index is 12.5. The topological polar surface area (TPSA) is 41.6 Å². The standard InChI is InChI=1S/C17H24N2O2/c1-21-16-4-2-13(3-5-16)10-17(20)19-8-6-14-11-18-12-15(14)7-9-19/h2-5,14-15,18H,6-12H2,1H3/t14-,15+. The van der Waals surface area contributed by atoms with Gasteiger partial charge < -0.3 is 15.0 Å². The molecule has 1 amide bonds. The summed E-state index contributed by atoms with van der Waals surface area (Å²) in [5, 5.41) is 3.47. The molecule has 0 radical (unpaired) electrons. The summed E-state index contributed by atoms with van der Waals surface area (Å²) in [5.74, 6) is 2.63. The largest absolute Gasteiger partial charge is 0.497 e. The normalized spacial score (nSPS) is 25.3. The second kappa shape index (κ2) is 6.48. The number of likely N-dealkylation sites (tertiary alicyclic amines) is 1. The number of nitrogens with one attached hydrogen (secondary N) is 1. The van der Waals surface area contributed by atoms with Crippen molar-refractivity contribution in [1.29, 1.82) is 0 Å². The molecule has 4 heteroatoms. The van der Waals surface area contributed by atoms with E-state index >= 15 is 0 Å². The fourth-order valence-corrected chi connectivity index (χ4v) is 3.50. The number of amides is 1. The molecule has 4 nitrogen and oxygen atoms in total. The molecule has 2 fully saturated rings. The number of fused-ring (bicyclic) bond motifs is 1. The minimum absolute atomic E-state index is 0.257. The van der Waals surface area contributed by atoms with Gasteiger partial charge in [0.1, 0.15) is 5.75 Å². The van der Waals surface area contributed by atoms with Gasteiger partial charge in [-0.1, -0.05) is 12.1 Å². The van der Waals surface area contributed by atoms with Crippen LogP contribution in [0.2, 0.25) is 0 Å². The van der Waals surface area contributed by atoms with Crippen molar-refractivity contribution < 1.29 is 9.53 Å². The van der Waals surface area contributed by atoms with Gasteiger partial charge in [-0.25, -0.2) is 0 Å². The predicted molar refractivity (Wildman–Crippen MR) is 82.4 cm³/mol. The lowest BCUT2D eigenvalue weighted by Crippen LogP contribution is -2.33. The Balaban J connectivity index is 1.57. The molecule has 1 N–H and O–H groups in total. The fourth-order valence-electron chi connectivity index (χ4n) is 3.50. The van der Waals surface area contributed by atoms with Crippen LogP contribution in [-0.2, 0) is 11.2 Å². The Morgan fingerprint density at radius 2 is 1.81 bits per heavy atom. The number of hydrogen-bond donors (Lipinski definition) is 1. The number of rotatable bonds is 3. The Kier molecular flexibility index (Phi) is 4.44. The molecule has 0 aliphatic carbocycles. The van der Waals surface area contributed by atoms with Crippen molar-refractivity contribution in [2.75, 3.05) is 33.3 Å². The molecule has 0 bridgehead atoms. The number of nitrogens with zero attached hydrogens (tertiary/aromatic N) is 1. The van der Waals surface area contributed by atoms with E-state index in [0.29, 0.717) is 6.42 Å². The van der Waals surface area contributed by atoms with Gasteiger partial charge in [0, 0.05) is 13.1 Å². The summed E-state index contributed by atoms with van der Waals surface area (Å²) < 4.78 is 5.15. The summed E-state index contributed by atoms with van der Waals surface area (Å²) >= 11 is 0. The molecule has 21 heavy (non-hydrogen) atoms. The van der Waals surface area contributed by atoms with Crippen molar-refractivity contribution in [1.82, 2.24) is 10.2 Å². The van der Waals surface area contributed by atoms with E-state index in [1.165, 1.54) is 0 Å². The molecule has 1 aromatic rings. The van der Waals surface area contributed by atoms with Crippen LogP contribution in [0.3, 0.4) is 0 Å². The monoisotopic (exact) mass is 288 g/mol. The minimum atomic E-state index is 0.257. The summed E-state index contributed by atoms with van der Waals surface area (Å²) in [4.78, 5) is 14.5. The van der Waals surface area contributed by atoms with E-state index in [0.717, 1.165) is 62.2 Å². The molecule has 2 aliphatic rings. The third-order valence-corrected chi connectivity index (χ3v) is 4.89. The van der Waals surface area contributed by atoms with Crippen molar-refractivity contribution in [3.8, 4) is 5.75 Å². The van der Waals surface area contributed by atoms with Gasteiger partial charge >= 0.3 is 0 Å². The summed E-state index contributed by atoms with van der Waals surface area (Å²) in [5.41, 5.74) is 1.06. The van der Waals surface area contributed by atoms with Crippen LogP contribution in [-0.4, -0.2) is 44.1 Å². The highest BCUT2D eigenvalue weighted by Gasteiger charge is 2.31. The minimum Gasteiger partial charge on any atom is -0.497 e. The quantitative estimate of drug-likeness (QED) is 0.920. The van der Waals surface area contributed by atoms with Crippen LogP contribution < -0.4 is 10.1 Å². The summed E-state index contributed by atoms with van der Waals surface area (Å²) in [7, 11) is 1.66. The van der Waals surface area contributed by atoms with Crippen LogP contribution in [0.25, 0.3) is 0 Å². The van der Waals surface area contributed by atoms with Crippen LogP contribution in [0, 0.1) is 11.8 Å². The van der Waals surface area contributed by atoms with Gasteiger partial charge in [0.15, 0.2) is 0 Å².